The van der Waals surface area contributed by atoms with E-state index in [1.54, 1.807) is 13.8 Å². The molecule has 1 aromatic heterocycles. The van der Waals surface area contributed by atoms with Crippen molar-refractivity contribution in [2.75, 3.05) is 13.1 Å². The molecule has 0 amide bonds. The lowest BCUT2D eigenvalue weighted by molar-refractivity contribution is -0.140. The molecule has 0 aliphatic heterocycles. The van der Waals surface area contributed by atoms with Crippen LogP contribution in [0.5, 0.6) is 0 Å². The van der Waals surface area contributed by atoms with Crippen molar-refractivity contribution in [2.45, 2.75) is 20.3 Å². The summed E-state index contributed by atoms with van der Waals surface area (Å²) in [6, 6.07) is 0. The summed E-state index contributed by atoms with van der Waals surface area (Å²) in [5.41, 5.74) is 0. The Morgan fingerprint density at radius 2 is 2.40 bits per heavy atom. The van der Waals surface area contributed by atoms with Gasteiger partial charge in [0.25, 0.3) is 0 Å². The van der Waals surface area contributed by atoms with Crippen LogP contribution in [-0.2, 0) is 11.2 Å². The first-order valence-electron chi connectivity index (χ1n) is 4.82. The highest BCUT2D eigenvalue weighted by Crippen LogP contribution is 1.95. The van der Waals surface area contributed by atoms with Crippen LogP contribution in [0.15, 0.2) is 4.52 Å². The maximum absolute atomic E-state index is 10.5. The summed E-state index contributed by atoms with van der Waals surface area (Å²) in [6.45, 7) is 4.49. The molecule has 0 saturated carbocycles. The van der Waals surface area contributed by atoms with Gasteiger partial charge in [0, 0.05) is 26.4 Å². The first kappa shape index (κ1) is 11.6. The number of carboxylic acids is 1. The zero-order valence-electron chi connectivity index (χ0n) is 8.86. The molecule has 6 nitrogen and oxygen atoms in total. The molecule has 0 bridgehead atoms. The van der Waals surface area contributed by atoms with Gasteiger partial charge in [-0.1, -0.05) is 12.1 Å². The Bertz CT molecular complexity index is 324. The molecule has 84 valence electrons. The van der Waals surface area contributed by atoms with Gasteiger partial charge in [0.1, 0.15) is 0 Å². The smallest absolute Gasteiger partial charge is 0.307 e. The van der Waals surface area contributed by atoms with E-state index in [4.69, 9.17) is 9.63 Å². The van der Waals surface area contributed by atoms with Crippen molar-refractivity contribution in [3.05, 3.63) is 11.7 Å². The first-order valence-corrected chi connectivity index (χ1v) is 4.82. The topological polar surface area (TPSA) is 88.2 Å². The van der Waals surface area contributed by atoms with Gasteiger partial charge in [-0.3, -0.25) is 4.79 Å². The monoisotopic (exact) mass is 213 g/mol. The predicted octanol–water partition coefficient (Wildman–Crippen LogP) is 0.231. The van der Waals surface area contributed by atoms with Gasteiger partial charge in [-0.25, -0.2) is 0 Å². The lowest BCUT2D eigenvalue weighted by Crippen LogP contribution is -2.28. The largest absolute Gasteiger partial charge is 0.481 e. The Labute approximate surface area is 87.7 Å². The summed E-state index contributed by atoms with van der Waals surface area (Å²) >= 11 is 0. The number of aryl methyl sites for hydroxylation is 1. The Balaban J connectivity index is 2.14. The van der Waals surface area contributed by atoms with Crippen LogP contribution < -0.4 is 5.32 Å². The van der Waals surface area contributed by atoms with E-state index in [0.717, 1.165) is 0 Å². The molecule has 1 atom stereocenters. The fourth-order valence-electron chi connectivity index (χ4n) is 1.05. The third-order valence-electron chi connectivity index (χ3n) is 1.97. The number of nitrogens with zero attached hydrogens (tertiary/aromatic N) is 2. The number of hydrogen-bond donors (Lipinski definition) is 2. The van der Waals surface area contributed by atoms with Crippen LogP contribution in [0.25, 0.3) is 0 Å². The fraction of sp³-hybridized carbons (Fsp3) is 0.667. The molecule has 0 aliphatic rings. The number of aromatic nitrogens is 2. The zero-order chi connectivity index (χ0) is 11.3. The summed E-state index contributed by atoms with van der Waals surface area (Å²) < 4.78 is 4.80. The third kappa shape index (κ3) is 4.07. The molecule has 1 aromatic rings. The standard InChI is InChI=1S/C9H15N3O3/c1-6(9(13)14)5-10-4-3-8-11-7(2)15-12-8/h6,10H,3-5H2,1-2H3,(H,13,14). The van der Waals surface area contributed by atoms with E-state index in [9.17, 15) is 4.79 Å². The van der Waals surface area contributed by atoms with Crippen LogP contribution >= 0.6 is 0 Å². The molecule has 1 unspecified atom stereocenters. The minimum Gasteiger partial charge on any atom is -0.481 e. The lowest BCUT2D eigenvalue weighted by Gasteiger charge is -2.06. The minimum absolute atomic E-state index is 0.378. The number of rotatable bonds is 6. The van der Waals surface area contributed by atoms with E-state index in [-0.39, 0.29) is 5.92 Å². The SMILES string of the molecule is Cc1nc(CCNCC(C)C(=O)O)no1. The van der Waals surface area contributed by atoms with Gasteiger partial charge < -0.3 is 14.9 Å². The third-order valence-corrected chi connectivity index (χ3v) is 1.97. The summed E-state index contributed by atoms with van der Waals surface area (Å²) in [4.78, 5) is 14.5. The van der Waals surface area contributed by atoms with E-state index < -0.39 is 5.97 Å². The lowest BCUT2D eigenvalue weighted by atomic mass is 10.2. The summed E-state index contributed by atoms with van der Waals surface area (Å²) in [5, 5.41) is 15.4. The quantitative estimate of drug-likeness (QED) is 0.658. The average Bonchev–Trinajstić information content (AvgIpc) is 2.58. The zero-order valence-corrected chi connectivity index (χ0v) is 8.86. The molecule has 0 aromatic carbocycles. The molecule has 1 rings (SSSR count). The van der Waals surface area contributed by atoms with Gasteiger partial charge in [-0.05, 0) is 0 Å². The molecule has 6 heteroatoms. The van der Waals surface area contributed by atoms with Crippen molar-refractivity contribution in [1.29, 1.82) is 0 Å². The Kier molecular flexibility index (Phi) is 4.23. The van der Waals surface area contributed by atoms with Crippen molar-refractivity contribution < 1.29 is 14.4 Å². The Morgan fingerprint density at radius 1 is 1.67 bits per heavy atom. The van der Waals surface area contributed by atoms with E-state index in [1.807, 2.05) is 0 Å². The molecule has 0 saturated heterocycles. The summed E-state index contributed by atoms with van der Waals surface area (Å²) in [5.74, 6) is 0.0155. The number of carboxylic acid groups (broad SMARTS) is 1. The summed E-state index contributed by atoms with van der Waals surface area (Å²) in [6.07, 6.45) is 0.643. The van der Waals surface area contributed by atoms with Gasteiger partial charge in [0.05, 0.1) is 5.92 Å². The second-order valence-corrected chi connectivity index (χ2v) is 3.42. The van der Waals surface area contributed by atoms with Crippen molar-refractivity contribution in [3.8, 4) is 0 Å². The molecular weight excluding hydrogens is 198 g/mol. The molecule has 15 heavy (non-hydrogen) atoms. The van der Waals surface area contributed by atoms with Gasteiger partial charge in [0.15, 0.2) is 5.82 Å². The van der Waals surface area contributed by atoms with Crippen molar-refractivity contribution in [2.24, 2.45) is 5.92 Å². The molecule has 1 heterocycles. The average molecular weight is 213 g/mol. The molecule has 0 radical (unpaired) electrons. The number of hydrogen-bond acceptors (Lipinski definition) is 5. The minimum atomic E-state index is -0.794. The highest BCUT2D eigenvalue weighted by molar-refractivity contribution is 5.69. The first-order chi connectivity index (χ1) is 7.09. The van der Waals surface area contributed by atoms with Crippen molar-refractivity contribution >= 4 is 5.97 Å². The van der Waals surface area contributed by atoms with E-state index in [2.05, 4.69) is 15.5 Å². The Hall–Kier alpha value is -1.43. The van der Waals surface area contributed by atoms with Crippen LogP contribution in [0, 0.1) is 12.8 Å². The normalized spacial score (nSPS) is 12.7. The van der Waals surface area contributed by atoms with E-state index in [1.165, 1.54) is 0 Å². The highest BCUT2D eigenvalue weighted by Gasteiger charge is 2.09. The molecule has 2 N–H and O–H groups in total. The Morgan fingerprint density at radius 3 is 2.93 bits per heavy atom. The predicted molar refractivity (Wildman–Crippen MR) is 52.4 cm³/mol. The maximum Gasteiger partial charge on any atom is 0.307 e. The molecular formula is C9H15N3O3. The van der Waals surface area contributed by atoms with E-state index in [0.29, 0.717) is 31.2 Å². The van der Waals surface area contributed by atoms with Crippen LogP contribution in [0.2, 0.25) is 0 Å². The molecule has 0 fully saturated rings. The van der Waals surface area contributed by atoms with Crippen LogP contribution in [0.1, 0.15) is 18.6 Å². The number of nitrogens with one attached hydrogen (secondary N) is 1. The van der Waals surface area contributed by atoms with Gasteiger partial charge in [-0.2, -0.15) is 4.98 Å². The number of carbonyl (C=O) groups is 1. The van der Waals surface area contributed by atoms with E-state index >= 15 is 0 Å². The maximum atomic E-state index is 10.5. The van der Waals surface area contributed by atoms with Crippen molar-refractivity contribution in [3.63, 3.8) is 0 Å². The molecule has 0 aliphatic carbocycles. The summed E-state index contributed by atoms with van der Waals surface area (Å²) in [7, 11) is 0. The highest BCUT2D eigenvalue weighted by atomic mass is 16.5. The second-order valence-electron chi connectivity index (χ2n) is 3.42. The van der Waals surface area contributed by atoms with Crippen LogP contribution in [-0.4, -0.2) is 34.3 Å². The van der Waals surface area contributed by atoms with Crippen LogP contribution in [0.3, 0.4) is 0 Å². The van der Waals surface area contributed by atoms with Gasteiger partial charge >= 0.3 is 5.97 Å². The number of aliphatic carboxylic acids is 1. The fourth-order valence-corrected chi connectivity index (χ4v) is 1.05. The second kappa shape index (κ2) is 5.45. The van der Waals surface area contributed by atoms with Gasteiger partial charge in [-0.15, -0.1) is 0 Å². The van der Waals surface area contributed by atoms with Crippen LogP contribution in [0.4, 0.5) is 0 Å². The van der Waals surface area contributed by atoms with Crippen molar-refractivity contribution in [1.82, 2.24) is 15.5 Å². The van der Waals surface area contributed by atoms with Gasteiger partial charge in [0.2, 0.25) is 5.89 Å². The molecule has 0 spiro atoms.